The smallest absolute Gasteiger partial charge is 0.245 e. The van der Waals surface area contributed by atoms with E-state index >= 15 is 0 Å². The Morgan fingerprint density at radius 1 is 1.40 bits per heavy atom. The van der Waals surface area contributed by atoms with Crippen molar-refractivity contribution in [3.8, 4) is 0 Å². The maximum absolute atomic E-state index is 12.5. The van der Waals surface area contributed by atoms with Gasteiger partial charge in [-0.05, 0) is 24.7 Å². The summed E-state index contributed by atoms with van der Waals surface area (Å²) >= 11 is 0. The standard InChI is InChI=1S/C15H26N2O3/c1-3-11(2)14-15(19)17(7-6-13(18)16-14)8-9-20-10-12-4-5-12/h11-12,14H,3-10H2,1-2H3,(H,16,18). The Morgan fingerprint density at radius 2 is 2.15 bits per heavy atom. The van der Waals surface area contributed by atoms with Crippen LogP contribution in [0.2, 0.25) is 0 Å². The summed E-state index contributed by atoms with van der Waals surface area (Å²) in [5, 5.41) is 2.86. The summed E-state index contributed by atoms with van der Waals surface area (Å²) < 4.78 is 5.60. The molecule has 5 nitrogen and oxygen atoms in total. The fourth-order valence-electron chi connectivity index (χ4n) is 2.40. The van der Waals surface area contributed by atoms with Crippen LogP contribution in [0.5, 0.6) is 0 Å². The van der Waals surface area contributed by atoms with Gasteiger partial charge in [0.1, 0.15) is 6.04 Å². The highest BCUT2D eigenvalue weighted by Gasteiger charge is 2.32. The van der Waals surface area contributed by atoms with Crippen molar-refractivity contribution in [1.29, 1.82) is 0 Å². The van der Waals surface area contributed by atoms with Gasteiger partial charge in [0.05, 0.1) is 6.61 Å². The number of carbonyl (C=O) groups excluding carboxylic acids is 2. The van der Waals surface area contributed by atoms with Crippen LogP contribution in [-0.4, -0.2) is 49.1 Å². The van der Waals surface area contributed by atoms with Crippen molar-refractivity contribution in [3.05, 3.63) is 0 Å². The lowest BCUT2D eigenvalue weighted by molar-refractivity contribution is -0.135. The number of hydrogen-bond donors (Lipinski definition) is 1. The van der Waals surface area contributed by atoms with Gasteiger partial charge in [-0.25, -0.2) is 0 Å². The van der Waals surface area contributed by atoms with Gasteiger partial charge >= 0.3 is 0 Å². The van der Waals surface area contributed by atoms with Gasteiger partial charge in [-0.1, -0.05) is 20.3 Å². The monoisotopic (exact) mass is 282 g/mol. The van der Waals surface area contributed by atoms with Crippen molar-refractivity contribution in [3.63, 3.8) is 0 Å². The van der Waals surface area contributed by atoms with Crippen LogP contribution < -0.4 is 5.32 Å². The molecule has 20 heavy (non-hydrogen) atoms. The zero-order valence-corrected chi connectivity index (χ0v) is 12.6. The Balaban J connectivity index is 1.85. The van der Waals surface area contributed by atoms with Crippen LogP contribution >= 0.6 is 0 Å². The zero-order chi connectivity index (χ0) is 14.5. The lowest BCUT2D eigenvalue weighted by atomic mass is 9.98. The summed E-state index contributed by atoms with van der Waals surface area (Å²) in [6.45, 7) is 6.53. The summed E-state index contributed by atoms with van der Waals surface area (Å²) in [4.78, 5) is 26.0. The molecular weight excluding hydrogens is 256 g/mol. The third kappa shape index (κ3) is 4.20. The molecule has 0 aromatic heterocycles. The minimum absolute atomic E-state index is 0.0231. The molecule has 0 spiro atoms. The molecule has 0 bridgehead atoms. The molecule has 1 heterocycles. The molecular formula is C15H26N2O3. The first-order chi connectivity index (χ1) is 9.61. The topological polar surface area (TPSA) is 58.6 Å². The Hall–Kier alpha value is -1.10. The Morgan fingerprint density at radius 3 is 2.80 bits per heavy atom. The minimum Gasteiger partial charge on any atom is -0.379 e. The van der Waals surface area contributed by atoms with Crippen molar-refractivity contribution in [1.82, 2.24) is 10.2 Å². The van der Waals surface area contributed by atoms with Crippen LogP contribution in [0.25, 0.3) is 0 Å². The van der Waals surface area contributed by atoms with Gasteiger partial charge in [0, 0.05) is 26.1 Å². The van der Waals surface area contributed by atoms with Gasteiger partial charge in [0.15, 0.2) is 0 Å². The predicted molar refractivity (Wildman–Crippen MR) is 76.1 cm³/mol. The van der Waals surface area contributed by atoms with Gasteiger partial charge in [0.2, 0.25) is 11.8 Å². The minimum atomic E-state index is -0.376. The molecule has 2 unspecified atom stereocenters. The molecule has 1 saturated heterocycles. The Kier molecular flexibility index (Phi) is 5.40. The summed E-state index contributed by atoms with van der Waals surface area (Å²) in [5.74, 6) is 0.927. The van der Waals surface area contributed by atoms with E-state index in [-0.39, 0.29) is 23.8 Å². The lowest BCUT2D eigenvalue weighted by Gasteiger charge is -2.27. The number of hydrogen-bond acceptors (Lipinski definition) is 3. The third-order valence-corrected chi connectivity index (χ3v) is 4.27. The van der Waals surface area contributed by atoms with Crippen LogP contribution in [0.3, 0.4) is 0 Å². The van der Waals surface area contributed by atoms with Crippen LogP contribution in [0.15, 0.2) is 0 Å². The van der Waals surface area contributed by atoms with Gasteiger partial charge in [-0.15, -0.1) is 0 Å². The fourth-order valence-corrected chi connectivity index (χ4v) is 2.40. The van der Waals surface area contributed by atoms with Crippen LogP contribution in [-0.2, 0) is 14.3 Å². The van der Waals surface area contributed by atoms with E-state index in [1.165, 1.54) is 12.8 Å². The van der Waals surface area contributed by atoms with Crippen molar-refractivity contribution in [2.45, 2.75) is 45.6 Å². The second-order valence-electron chi connectivity index (χ2n) is 6.02. The highest BCUT2D eigenvalue weighted by atomic mass is 16.5. The van der Waals surface area contributed by atoms with Crippen molar-refractivity contribution < 1.29 is 14.3 Å². The third-order valence-electron chi connectivity index (χ3n) is 4.27. The fraction of sp³-hybridized carbons (Fsp3) is 0.867. The van der Waals surface area contributed by atoms with E-state index < -0.39 is 0 Å². The second kappa shape index (κ2) is 7.07. The summed E-state index contributed by atoms with van der Waals surface area (Å²) in [6.07, 6.45) is 3.82. The molecule has 2 atom stereocenters. The number of nitrogens with zero attached hydrogens (tertiary/aromatic N) is 1. The number of amides is 2. The summed E-state index contributed by atoms with van der Waals surface area (Å²) in [5.41, 5.74) is 0. The quantitative estimate of drug-likeness (QED) is 0.713. The van der Waals surface area contributed by atoms with Crippen molar-refractivity contribution in [2.24, 2.45) is 11.8 Å². The molecule has 2 fully saturated rings. The molecule has 5 heteroatoms. The molecule has 114 valence electrons. The molecule has 1 N–H and O–H groups in total. The zero-order valence-electron chi connectivity index (χ0n) is 12.6. The molecule has 2 aliphatic rings. The van der Waals surface area contributed by atoms with E-state index in [2.05, 4.69) is 5.32 Å². The maximum Gasteiger partial charge on any atom is 0.245 e. The Bertz CT molecular complexity index is 355. The van der Waals surface area contributed by atoms with E-state index in [1.807, 2.05) is 13.8 Å². The average Bonchev–Trinajstić information content (AvgIpc) is 3.26. The van der Waals surface area contributed by atoms with E-state index in [1.54, 1.807) is 4.90 Å². The maximum atomic E-state index is 12.5. The van der Waals surface area contributed by atoms with Crippen LogP contribution in [0, 0.1) is 11.8 Å². The summed E-state index contributed by atoms with van der Waals surface area (Å²) in [6, 6.07) is -0.376. The van der Waals surface area contributed by atoms with E-state index in [4.69, 9.17) is 4.74 Å². The average molecular weight is 282 g/mol. The molecule has 1 aliphatic carbocycles. The number of ether oxygens (including phenoxy) is 1. The largest absolute Gasteiger partial charge is 0.379 e. The number of nitrogens with one attached hydrogen (secondary N) is 1. The molecule has 1 saturated carbocycles. The van der Waals surface area contributed by atoms with Crippen molar-refractivity contribution in [2.75, 3.05) is 26.3 Å². The van der Waals surface area contributed by atoms with Crippen LogP contribution in [0.1, 0.15) is 39.5 Å². The molecule has 0 aromatic carbocycles. The highest BCUT2D eigenvalue weighted by molar-refractivity contribution is 5.90. The SMILES string of the molecule is CCC(C)C1NC(=O)CCN(CCOCC2CC2)C1=O. The Labute approximate surface area is 121 Å². The van der Waals surface area contributed by atoms with Gasteiger partial charge in [0.25, 0.3) is 0 Å². The normalized spacial score (nSPS) is 25.3. The molecule has 1 aliphatic heterocycles. The number of carbonyl (C=O) groups is 2. The number of rotatable bonds is 7. The molecule has 2 rings (SSSR count). The second-order valence-corrected chi connectivity index (χ2v) is 6.02. The van der Waals surface area contributed by atoms with Gasteiger partial charge < -0.3 is 15.0 Å². The first-order valence-corrected chi connectivity index (χ1v) is 7.77. The molecule has 0 aromatic rings. The molecule has 0 radical (unpaired) electrons. The highest BCUT2D eigenvalue weighted by Crippen LogP contribution is 2.28. The summed E-state index contributed by atoms with van der Waals surface area (Å²) in [7, 11) is 0. The van der Waals surface area contributed by atoms with E-state index in [0.717, 1.165) is 18.9 Å². The van der Waals surface area contributed by atoms with Crippen LogP contribution in [0.4, 0.5) is 0 Å². The first kappa shape index (κ1) is 15.3. The predicted octanol–water partition coefficient (Wildman–Crippen LogP) is 1.18. The van der Waals surface area contributed by atoms with E-state index in [9.17, 15) is 9.59 Å². The van der Waals surface area contributed by atoms with Gasteiger partial charge in [-0.2, -0.15) is 0 Å². The lowest BCUT2D eigenvalue weighted by Crippen LogP contribution is -2.49. The molecule has 2 amide bonds. The van der Waals surface area contributed by atoms with Crippen molar-refractivity contribution >= 4 is 11.8 Å². The van der Waals surface area contributed by atoms with Gasteiger partial charge in [-0.3, -0.25) is 9.59 Å². The van der Waals surface area contributed by atoms with E-state index in [0.29, 0.717) is 26.1 Å². The first-order valence-electron chi connectivity index (χ1n) is 7.77.